The molecule has 0 atom stereocenters. The number of carbonyl (C=O) groups is 1. The van der Waals surface area contributed by atoms with E-state index in [2.05, 4.69) is 15.5 Å². The van der Waals surface area contributed by atoms with Crippen molar-refractivity contribution in [1.82, 2.24) is 24.9 Å². The van der Waals surface area contributed by atoms with E-state index in [0.29, 0.717) is 25.2 Å². The van der Waals surface area contributed by atoms with Crippen molar-refractivity contribution < 1.29 is 22.7 Å². The lowest BCUT2D eigenvalue weighted by Crippen LogP contribution is -2.26. The van der Waals surface area contributed by atoms with Gasteiger partial charge < -0.3 is 10.1 Å². The number of hydrogen-bond acceptors (Lipinski definition) is 4. The number of carbonyl (C=O) groups excluding carboxylic acids is 1. The zero-order valence-corrected chi connectivity index (χ0v) is 18.5. The summed E-state index contributed by atoms with van der Waals surface area (Å²) in [5.74, 6) is 0.553. The first-order valence-corrected chi connectivity index (χ1v) is 10.9. The van der Waals surface area contributed by atoms with Crippen molar-refractivity contribution in [2.24, 2.45) is 0 Å². The molecule has 1 aromatic carbocycles. The molecule has 1 N–H and O–H groups in total. The molecule has 7 nitrogen and oxygen atoms in total. The van der Waals surface area contributed by atoms with E-state index in [-0.39, 0.29) is 24.2 Å². The molecule has 2 aromatic heterocycles. The number of halogens is 3. The second-order valence-electron chi connectivity index (χ2n) is 8.34. The molecule has 0 saturated heterocycles. The average molecular weight is 461 g/mol. The van der Waals surface area contributed by atoms with E-state index in [4.69, 9.17) is 4.74 Å². The minimum absolute atomic E-state index is 0.151. The van der Waals surface area contributed by atoms with Gasteiger partial charge in [-0.3, -0.25) is 9.48 Å². The Bertz CT molecular complexity index is 1130. The molecule has 0 radical (unpaired) electrons. The van der Waals surface area contributed by atoms with Crippen molar-refractivity contribution in [2.75, 3.05) is 6.54 Å². The van der Waals surface area contributed by atoms with Gasteiger partial charge in [0.05, 0.1) is 0 Å². The third-order valence-electron chi connectivity index (χ3n) is 5.49. The van der Waals surface area contributed by atoms with E-state index in [0.717, 1.165) is 35.8 Å². The van der Waals surface area contributed by atoms with Gasteiger partial charge in [0.1, 0.15) is 11.4 Å². The van der Waals surface area contributed by atoms with Gasteiger partial charge in [0.25, 0.3) is 5.91 Å². The average Bonchev–Trinajstić information content (AvgIpc) is 3.31. The Morgan fingerprint density at radius 3 is 2.67 bits per heavy atom. The van der Waals surface area contributed by atoms with E-state index < -0.39 is 11.9 Å². The van der Waals surface area contributed by atoms with Crippen molar-refractivity contribution in [3.05, 3.63) is 64.7 Å². The molecule has 1 aliphatic rings. The Labute approximate surface area is 189 Å². The highest BCUT2D eigenvalue weighted by molar-refractivity contribution is 5.92. The van der Waals surface area contributed by atoms with Crippen LogP contribution in [0.2, 0.25) is 0 Å². The van der Waals surface area contributed by atoms with Crippen LogP contribution in [-0.2, 0) is 19.5 Å². The van der Waals surface area contributed by atoms with Crippen LogP contribution >= 0.6 is 0 Å². The first-order chi connectivity index (χ1) is 15.7. The number of amides is 1. The Hall–Kier alpha value is -3.30. The monoisotopic (exact) mass is 461 g/mol. The molecular formula is C23H26F3N5O2. The van der Waals surface area contributed by atoms with Crippen LogP contribution in [0.3, 0.4) is 0 Å². The quantitative estimate of drug-likeness (QED) is 0.478. The maximum absolute atomic E-state index is 13.0. The highest BCUT2D eigenvalue weighted by Crippen LogP contribution is 2.42. The molecule has 10 heteroatoms. The summed E-state index contributed by atoms with van der Waals surface area (Å²) in [4.78, 5) is 12.4. The number of alkyl halides is 3. The maximum Gasteiger partial charge on any atom is 0.435 e. The highest BCUT2D eigenvalue weighted by atomic mass is 19.4. The topological polar surface area (TPSA) is 74.0 Å². The van der Waals surface area contributed by atoms with Crippen molar-refractivity contribution in [2.45, 2.75) is 58.5 Å². The summed E-state index contributed by atoms with van der Waals surface area (Å²) in [7, 11) is 0. The highest BCUT2D eigenvalue weighted by Gasteiger charge is 2.37. The van der Waals surface area contributed by atoms with Crippen molar-refractivity contribution in [3.8, 4) is 5.75 Å². The molecule has 4 rings (SSSR count). The number of ether oxygens (including phenoxy) is 1. The van der Waals surface area contributed by atoms with Gasteiger partial charge in [0, 0.05) is 30.9 Å². The Morgan fingerprint density at radius 2 is 1.97 bits per heavy atom. The normalized spacial score (nSPS) is 13.8. The Morgan fingerprint density at radius 1 is 1.18 bits per heavy atom. The number of hydrogen-bond donors (Lipinski definition) is 1. The van der Waals surface area contributed by atoms with Gasteiger partial charge in [0.15, 0.2) is 12.4 Å². The van der Waals surface area contributed by atoms with E-state index in [1.807, 2.05) is 32.0 Å². The molecule has 2 heterocycles. The fraction of sp³-hybridized carbons (Fsp3) is 0.435. The number of benzene rings is 1. The molecule has 0 unspecified atom stereocenters. The lowest BCUT2D eigenvalue weighted by Gasteiger charge is -2.09. The van der Waals surface area contributed by atoms with Crippen LogP contribution in [0.1, 0.15) is 58.2 Å². The molecule has 1 saturated carbocycles. The molecule has 0 bridgehead atoms. The van der Waals surface area contributed by atoms with Gasteiger partial charge in [-0.15, -0.1) is 0 Å². The summed E-state index contributed by atoms with van der Waals surface area (Å²) in [5.41, 5.74) is 2.18. The largest absolute Gasteiger partial charge is 0.471 e. The van der Waals surface area contributed by atoms with Crippen LogP contribution in [0, 0.1) is 13.8 Å². The molecule has 33 heavy (non-hydrogen) atoms. The van der Waals surface area contributed by atoms with Crippen molar-refractivity contribution in [3.63, 3.8) is 0 Å². The van der Waals surface area contributed by atoms with Crippen LogP contribution in [-0.4, -0.2) is 32.0 Å². The van der Waals surface area contributed by atoms with Crippen molar-refractivity contribution >= 4 is 5.91 Å². The van der Waals surface area contributed by atoms with Gasteiger partial charge in [0.2, 0.25) is 0 Å². The van der Waals surface area contributed by atoms with Gasteiger partial charge in [-0.1, -0.05) is 17.7 Å². The zero-order chi connectivity index (χ0) is 23.6. The number of nitrogens with one attached hydrogen (secondary N) is 1. The summed E-state index contributed by atoms with van der Waals surface area (Å²) >= 11 is 0. The lowest BCUT2D eigenvalue weighted by atomic mass is 10.1. The second kappa shape index (κ2) is 9.29. The van der Waals surface area contributed by atoms with Crippen LogP contribution in [0.15, 0.2) is 36.5 Å². The van der Waals surface area contributed by atoms with E-state index in [1.54, 1.807) is 12.3 Å². The zero-order valence-electron chi connectivity index (χ0n) is 18.5. The number of rotatable bonds is 9. The summed E-state index contributed by atoms with van der Waals surface area (Å²) in [6, 6.07) is 8.62. The summed E-state index contributed by atoms with van der Waals surface area (Å²) < 4.78 is 47.7. The predicted octanol–water partition coefficient (Wildman–Crippen LogP) is 4.45. The fourth-order valence-corrected chi connectivity index (χ4v) is 3.63. The third-order valence-corrected chi connectivity index (χ3v) is 5.49. The van der Waals surface area contributed by atoms with E-state index in [9.17, 15) is 18.0 Å². The van der Waals surface area contributed by atoms with Gasteiger partial charge >= 0.3 is 6.18 Å². The predicted molar refractivity (Wildman–Crippen MR) is 115 cm³/mol. The minimum Gasteiger partial charge on any atom is -0.471 e. The number of aryl methyl sites for hydroxylation is 3. The van der Waals surface area contributed by atoms with Gasteiger partial charge in [-0.2, -0.15) is 23.4 Å². The fourth-order valence-electron chi connectivity index (χ4n) is 3.63. The standard InChI is InChI=1S/C23H26F3N5O2/c1-15-4-7-20(16(2)12-15)33-14-30-11-8-18(28-30)22(32)27-9-3-10-31-19(17-5-6-17)13-21(29-31)23(24,25)26/h4,7-8,11-13,17H,3,5-6,9-10,14H2,1-2H3,(H,27,32). The van der Waals surface area contributed by atoms with Crippen LogP contribution < -0.4 is 10.1 Å². The third kappa shape index (κ3) is 5.74. The second-order valence-corrected chi connectivity index (χ2v) is 8.34. The molecule has 1 amide bonds. The Kier molecular flexibility index (Phi) is 6.44. The van der Waals surface area contributed by atoms with Crippen LogP contribution in [0.4, 0.5) is 13.2 Å². The summed E-state index contributed by atoms with van der Waals surface area (Å²) in [5, 5.41) is 10.7. The van der Waals surface area contributed by atoms with Gasteiger partial charge in [-0.25, -0.2) is 4.68 Å². The molecule has 1 aliphatic carbocycles. The number of aromatic nitrogens is 4. The van der Waals surface area contributed by atoms with Gasteiger partial charge in [-0.05, 0) is 56.9 Å². The van der Waals surface area contributed by atoms with Crippen LogP contribution in [0.5, 0.6) is 5.75 Å². The van der Waals surface area contributed by atoms with Crippen molar-refractivity contribution in [1.29, 1.82) is 0 Å². The molecule has 0 aliphatic heterocycles. The molecule has 1 fully saturated rings. The lowest BCUT2D eigenvalue weighted by molar-refractivity contribution is -0.141. The Balaban J connectivity index is 1.25. The SMILES string of the molecule is Cc1ccc(OCn2ccc(C(=O)NCCCn3nc(C(F)(F)F)cc3C3CC3)n2)c(C)c1. The summed E-state index contributed by atoms with van der Waals surface area (Å²) in [6.07, 6.45) is -0.571. The van der Waals surface area contributed by atoms with E-state index >= 15 is 0 Å². The first kappa shape index (κ1) is 22.9. The molecule has 0 spiro atoms. The molecular weight excluding hydrogens is 435 g/mol. The number of nitrogens with zero attached hydrogens (tertiary/aromatic N) is 4. The smallest absolute Gasteiger partial charge is 0.435 e. The first-order valence-electron chi connectivity index (χ1n) is 10.9. The molecule has 176 valence electrons. The minimum atomic E-state index is -4.45. The van der Waals surface area contributed by atoms with Crippen LogP contribution in [0.25, 0.3) is 0 Å². The summed E-state index contributed by atoms with van der Waals surface area (Å²) in [6.45, 7) is 4.75. The molecule has 3 aromatic rings. The van der Waals surface area contributed by atoms with E-state index in [1.165, 1.54) is 9.36 Å². The maximum atomic E-state index is 13.0.